The largest absolute Gasteiger partial charge is 0.417 e. The van der Waals surface area contributed by atoms with E-state index in [1.165, 1.54) is 12.1 Å². The summed E-state index contributed by atoms with van der Waals surface area (Å²) < 4.78 is 44.7. The standard InChI is InChI=1S/C15H12F3N3O2S/c1-20-13(24)21(12(22)14(20)4-5-23-8-14)10-3-2-9(7-19)11(6-10)15(16,17)18/h2-3,6H,4-5,8H2,1H3. The van der Waals surface area contributed by atoms with E-state index >= 15 is 0 Å². The number of rotatable bonds is 1. The van der Waals surface area contributed by atoms with Crippen LogP contribution in [0.15, 0.2) is 18.2 Å². The zero-order valence-corrected chi connectivity index (χ0v) is 13.4. The van der Waals surface area contributed by atoms with Gasteiger partial charge in [-0.2, -0.15) is 18.4 Å². The molecule has 0 bridgehead atoms. The average Bonchev–Trinajstić information content (AvgIpc) is 3.09. The van der Waals surface area contributed by atoms with Gasteiger partial charge in [-0.1, -0.05) is 0 Å². The number of thiocarbonyl (C=S) groups is 1. The lowest BCUT2D eigenvalue weighted by molar-refractivity contribution is -0.137. The normalized spacial score (nSPS) is 24.1. The summed E-state index contributed by atoms with van der Waals surface area (Å²) in [5, 5.41) is 8.98. The van der Waals surface area contributed by atoms with E-state index in [0.29, 0.717) is 13.0 Å². The molecule has 2 saturated heterocycles. The summed E-state index contributed by atoms with van der Waals surface area (Å²) >= 11 is 5.26. The number of alkyl halides is 3. The molecule has 2 aliphatic heterocycles. The number of hydrogen-bond acceptors (Lipinski definition) is 4. The van der Waals surface area contributed by atoms with Crippen molar-refractivity contribution in [3.8, 4) is 6.07 Å². The van der Waals surface area contributed by atoms with E-state index in [9.17, 15) is 18.0 Å². The average molecular weight is 355 g/mol. The Morgan fingerprint density at radius 1 is 1.42 bits per heavy atom. The maximum Gasteiger partial charge on any atom is 0.417 e. The third-order valence-corrected chi connectivity index (χ3v) is 4.87. The smallest absolute Gasteiger partial charge is 0.378 e. The molecule has 2 heterocycles. The van der Waals surface area contributed by atoms with Gasteiger partial charge in [0.2, 0.25) is 0 Å². The second kappa shape index (κ2) is 5.43. The van der Waals surface area contributed by atoms with Crippen molar-refractivity contribution in [1.29, 1.82) is 5.26 Å². The van der Waals surface area contributed by atoms with Gasteiger partial charge in [-0.25, -0.2) is 0 Å². The van der Waals surface area contributed by atoms with Gasteiger partial charge in [-0.05, 0) is 30.4 Å². The molecule has 1 aromatic carbocycles. The Balaban J connectivity index is 2.08. The number of ether oxygens (including phenoxy) is 1. The molecule has 1 unspecified atom stereocenters. The number of halogens is 3. The highest BCUT2D eigenvalue weighted by molar-refractivity contribution is 7.80. The SMILES string of the molecule is CN1C(=S)N(c2ccc(C#N)c(C(F)(F)F)c2)C(=O)C12CCOC2. The predicted molar refractivity (Wildman–Crippen MR) is 82.2 cm³/mol. The van der Waals surface area contributed by atoms with Crippen LogP contribution in [0.3, 0.4) is 0 Å². The Morgan fingerprint density at radius 2 is 2.12 bits per heavy atom. The van der Waals surface area contributed by atoms with E-state index in [-0.39, 0.29) is 17.4 Å². The van der Waals surface area contributed by atoms with Crippen molar-refractivity contribution in [1.82, 2.24) is 4.90 Å². The highest BCUT2D eigenvalue weighted by atomic mass is 32.1. The highest BCUT2D eigenvalue weighted by Crippen LogP contribution is 2.39. The number of nitrogens with zero attached hydrogens (tertiary/aromatic N) is 3. The van der Waals surface area contributed by atoms with E-state index < -0.39 is 28.7 Å². The summed E-state index contributed by atoms with van der Waals surface area (Å²) in [6.45, 7) is 0.523. The topological polar surface area (TPSA) is 56.6 Å². The van der Waals surface area contributed by atoms with E-state index in [2.05, 4.69) is 0 Å². The fourth-order valence-electron chi connectivity index (χ4n) is 2.99. The van der Waals surface area contributed by atoms with Crippen LogP contribution in [0.5, 0.6) is 0 Å². The number of benzene rings is 1. The van der Waals surface area contributed by atoms with Crippen molar-refractivity contribution in [2.75, 3.05) is 25.2 Å². The molecular formula is C15H12F3N3O2S. The lowest BCUT2D eigenvalue weighted by atomic mass is 9.97. The molecule has 2 aliphatic rings. The molecule has 1 atom stereocenters. The predicted octanol–water partition coefficient (Wildman–Crippen LogP) is 2.30. The minimum absolute atomic E-state index is 0.00745. The summed E-state index contributed by atoms with van der Waals surface area (Å²) in [5.74, 6) is -0.412. The Bertz CT molecular complexity index is 766. The lowest BCUT2D eigenvalue weighted by Gasteiger charge is -2.26. The highest BCUT2D eigenvalue weighted by Gasteiger charge is 2.56. The Labute approximate surface area is 141 Å². The van der Waals surface area contributed by atoms with Gasteiger partial charge < -0.3 is 9.64 Å². The van der Waals surface area contributed by atoms with E-state index in [0.717, 1.165) is 17.0 Å². The van der Waals surface area contributed by atoms with Gasteiger partial charge in [0, 0.05) is 20.1 Å². The first-order valence-corrected chi connectivity index (χ1v) is 7.44. The lowest BCUT2D eigenvalue weighted by Crippen LogP contribution is -2.48. The van der Waals surface area contributed by atoms with Crippen molar-refractivity contribution >= 4 is 28.9 Å². The molecule has 2 fully saturated rings. The number of hydrogen-bond donors (Lipinski definition) is 0. The van der Waals surface area contributed by atoms with Crippen molar-refractivity contribution in [2.45, 2.75) is 18.1 Å². The number of anilines is 1. The minimum atomic E-state index is -4.70. The third kappa shape index (κ3) is 2.25. The van der Waals surface area contributed by atoms with Crippen LogP contribution in [0.1, 0.15) is 17.5 Å². The Hall–Kier alpha value is -2.18. The summed E-state index contributed by atoms with van der Waals surface area (Å²) in [7, 11) is 1.63. The molecular weight excluding hydrogens is 343 g/mol. The maximum absolute atomic E-state index is 13.1. The fourth-order valence-corrected chi connectivity index (χ4v) is 3.35. The number of carbonyl (C=O) groups excluding carboxylic acids is 1. The van der Waals surface area contributed by atoms with Crippen LogP contribution in [-0.4, -0.2) is 41.7 Å². The van der Waals surface area contributed by atoms with Gasteiger partial charge in [-0.15, -0.1) is 0 Å². The number of amides is 1. The van der Waals surface area contributed by atoms with Crippen molar-refractivity contribution in [2.24, 2.45) is 0 Å². The van der Waals surface area contributed by atoms with Gasteiger partial charge in [0.25, 0.3) is 5.91 Å². The second-order valence-corrected chi connectivity index (χ2v) is 6.02. The fraction of sp³-hybridized carbons (Fsp3) is 0.400. The number of likely N-dealkylation sites (N-methyl/N-ethyl adjacent to an activating group) is 1. The van der Waals surface area contributed by atoms with Crippen LogP contribution in [-0.2, 0) is 15.7 Å². The molecule has 1 spiro atoms. The van der Waals surface area contributed by atoms with Gasteiger partial charge >= 0.3 is 6.18 Å². The van der Waals surface area contributed by atoms with Crippen LogP contribution in [0, 0.1) is 11.3 Å². The molecule has 0 aliphatic carbocycles. The second-order valence-electron chi connectivity index (χ2n) is 5.66. The molecule has 126 valence electrons. The zero-order chi connectivity index (χ0) is 17.7. The minimum Gasteiger partial charge on any atom is -0.378 e. The molecule has 3 rings (SSSR count). The summed E-state index contributed by atoms with van der Waals surface area (Å²) in [6, 6.07) is 4.63. The summed E-state index contributed by atoms with van der Waals surface area (Å²) in [5.41, 5.74) is -2.57. The number of carbonyl (C=O) groups is 1. The number of nitriles is 1. The van der Waals surface area contributed by atoms with Gasteiger partial charge in [0.05, 0.1) is 29.5 Å². The van der Waals surface area contributed by atoms with Crippen LogP contribution in [0.4, 0.5) is 18.9 Å². The first kappa shape index (κ1) is 16.7. The first-order valence-electron chi connectivity index (χ1n) is 7.04. The van der Waals surface area contributed by atoms with Crippen molar-refractivity contribution in [3.63, 3.8) is 0 Å². The van der Waals surface area contributed by atoms with E-state index in [4.69, 9.17) is 22.2 Å². The molecule has 0 radical (unpaired) electrons. The molecule has 0 saturated carbocycles. The van der Waals surface area contributed by atoms with Crippen LogP contribution < -0.4 is 4.90 Å². The van der Waals surface area contributed by atoms with Gasteiger partial charge in [0.15, 0.2) is 5.11 Å². The van der Waals surface area contributed by atoms with Crippen LogP contribution in [0.2, 0.25) is 0 Å². The Kier molecular flexibility index (Phi) is 3.77. The quantitative estimate of drug-likeness (QED) is 0.724. The van der Waals surface area contributed by atoms with Crippen molar-refractivity contribution in [3.05, 3.63) is 29.3 Å². The van der Waals surface area contributed by atoms with Crippen LogP contribution >= 0.6 is 12.2 Å². The maximum atomic E-state index is 13.1. The molecule has 24 heavy (non-hydrogen) atoms. The molecule has 0 aromatic heterocycles. The molecule has 5 nitrogen and oxygen atoms in total. The van der Waals surface area contributed by atoms with Crippen LogP contribution in [0.25, 0.3) is 0 Å². The molecule has 1 amide bonds. The summed E-state index contributed by atoms with van der Waals surface area (Å²) in [6.07, 6.45) is -4.28. The van der Waals surface area contributed by atoms with Gasteiger partial charge in [0.1, 0.15) is 5.54 Å². The zero-order valence-electron chi connectivity index (χ0n) is 12.6. The van der Waals surface area contributed by atoms with Crippen molar-refractivity contribution < 1.29 is 22.7 Å². The molecule has 9 heteroatoms. The van der Waals surface area contributed by atoms with Gasteiger partial charge in [-0.3, -0.25) is 9.69 Å². The molecule has 0 N–H and O–H groups in total. The summed E-state index contributed by atoms with van der Waals surface area (Å²) in [4.78, 5) is 15.5. The monoisotopic (exact) mass is 355 g/mol. The molecule has 1 aromatic rings. The van der Waals surface area contributed by atoms with E-state index in [1.807, 2.05) is 0 Å². The Morgan fingerprint density at radius 3 is 2.67 bits per heavy atom. The van der Waals surface area contributed by atoms with E-state index in [1.54, 1.807) is 11.9 Å². The third-order valence-electron chi connectivity index (χ3n) is 4.41. The first-order chi connectivity index (χ1) is 11.2.